The van der Waals surface area contributed by atoms with Gasteiger partial charge in [-0.1, -0.05) is 17.2 Å². The van der Waals surface area contributed by atoms with Crippen LogP contribution < -0.4 is 10.1 Å². The highest BCUT2D eigenvalue weighted by Crippen LogP contribution is 2.20. The maximum Gasteiger partial charge on any atom is 0.327 e. The van der Waals surface area contributed by atoms with Crippen LogP contribution in [0.3, 0.4) is 0 Å². The number of azide groups is 1. The number of carbonyl (C=O) groups is 1. The van der Waals surface area contributed by atoms with E-state index in [4.69, 9.17) is 15.0 Å². The monoisotopic (exact) mass is 292 g/mol. The topological polar surface area (TPSA) is 96.3 Å². The third kappa shape index (κ3) is 5.72. The zero-order valence-corrected chi connectivity index (χ0v) is 12.3. The number of hydrogen-bond acceptors (Lipinski definition) is 5. The Labute approximate surface area is 123 Å². The van der Waals surface area contributed by atoms with Crippen molar-refractivity contribution in [3.05, 3.63) is 40.3 Å². The molecule has 1 rings (SSSR count). The molecule has 1 N–H and O–H groups in total. The van der Waals surface area contributed by atoms with Crippen LogP contribution in [0.4, 0.5) is 0 Å². The van der Waals surface area contributed by atoms with Gasteiger partial charge in [0.15, 0.2) is 0 Å². The van der Waals surface area contributed by atoms with Gasteiger partial charge in [-0.25, -0.2) is 4.79 Å². The fraction of sp³-hybridized carbons (Fsp3) is 0.500. The summed E-state index contributed by atoms with van der Waals surface area (Å²) >= 11 is 0. The minimum atomic E-state index is -0.564. The van der Waals surface area contributed by atoms with Gasteiger partial charge in [-0.2, -0.15) is 0 Å². The van der Waals surface area contributed by atoms with Gasteiger partial charge < -0.3 is 14.8 Å². The summed E-state index contributed by atoms with van der Waals surface area (Å²) in [6.07, 6.45) is 0.643. The zero-order valence-electron chi connectivity index (χ0n) is 12.3. The Morgan fingerprint density at radius 1 is 1.52 bits per heavy atom. The van der Waals surface area contributed by atoms with E-state index in [9.17, 15) is 4.79 Å². The van der Waals surface area contributed by atoms with Crippen molar-refractivity contribution in [1.82, 2.24) is 5.32 Å². The second-order valence-electron chi connectivity index (χ2n) is 4.22. The smallest absolute Gasteiger partial charge is 0.327 e. The van der Waals surface area contributed by atoms with E-state index in [2.05, 4.69) is 15.3 Å². The summed E-state index contributed by atoms with van der Waals surface area (Å²) < 4.78 is 10.3. The Morgan fingerprint density at radius 3 is 3.00 bits per heavy atom. The zero-order chi connectivity index (χ0) is 15.5. The Balaban J connectivity index is 2.75. The van der Waals surface area contributed by atoms with Crippen molar-refractivity contribution < 1.29 is 14.3 Å². The van der Waals surface area contributed by atoms with E-state index in [1.54, 1.807) is 20.1 Å². The van der Waals surface area contributed by atoms with E-state index in [1.807, 2.05) is 18.2 Å². The fourth-order valence-electron chi connectivity index (χ4n) is 1.82. The molecule has 0 amide bonds. The highest BCUT2D eigenvalue weighted by Gasteiger charge is 2.21. The van der Waals surface area contributed by atoms with Crippen LogP contribution in [0.15, 0.2) is 29.4 Å². The van der Waals surface area contributed by atoms with Gasteiger partial charge in [0.05, 0.1) is 13.7 Å². The number of methoxy groups -OCH3 is 1. The second-order valence-corrected chi connectivity index (χ2v) is 4.22. The molecule has 1 atom stereocenters. The molecule has 0 aliphatic rings. The van der Waals surface area contributed by atoms with Gasteiger partial charge in [0.1, 0.15) is 11.8 Å². The van der Waals surface area contributed by atoms with Crippen molar-refractivity contribution in [1.29, 1.82) is 0 Å². The van der Waals surface area contributed by atoms with E-state index in [0.29, 0.717) is 31.9 Å². The number of hydrogen-bond donors (Lipinski definition) is 1. The molecule has 21 heavy (non-hydrogen) atoms. The van der Waals surface area contributed by atoms with E-state index in [-0.39, 0.29) is 5.97 Å². The molecule has 0 fully saturated rings. The summed E-state index contributed by atoms with van der Waals surface area (Å²) in [4.78, 5) is 14.7. The quantitative estimate of drug-likeness (QED) is 0.249. The summed E-state index contributed by atoms with van der Waals surface area (Å²) in [6, 6.07) is 6.70. The first-order valence-corrected chi connectivity index (χ1v) is 6.77. The van der Waals surface area contributed by atoms with Crippen molar-refractivity contribution in [3.8, 4) is 5.75 Å². The molecule has 114 valence electrons. The van der Waals surface area contributed by atoms with Gasteiger partial charge in [-0.3, -0.25) is 0 Å². The van der Waals surface area contributed by atoms with Crippen LogP contribution >= 0.6 is 0 Å². The average Bonchev–Trinajstić information content (AvgIpc) is 2.51. The standard InChI is InChI=1S/C14H20N4O3/c1-3-21-14(19)13(16-8-5-9-17-18-15)11-6-4-7-12(10-11)20-2/h4,6-7,10,13,16H,3,5,8-9H2,1-2H3. The van der Waals surface area contributed by atoms with Gasteiger partial charge in [-0.15, -0.1) is 0 Å². The molecule has 0 saturated carbocycles. The lowest BCUT2D eigenvalue weighted by molar-refractivity contribution is -0.145. The van der Waals surface area contributed by atoms with Gasteiger partial charge in [0.25, 0.3) is 0 Å². The molecular weight excluding hydrogens is 272 g/mol. The van der Waals surface area contributed by atoms with E-state index >= 15 is 0 Å². The summed E-state index contributed by atoms with van der Waals surface area (Å²) in [7, 11) is 1.58. The van der Waals surface area contributed by atoms with Gasteiger partial charge in [-0.05, 0) is 43.1 Å². The molecule has 1 aromatic carbocycles. The third-order valence-electron chi connectivity index (χ3n) is 2.80. The van der Waals surface area contributed by atoms with Crippen LogP contribution in [0.25, 0.3) is 10.4 Å². The Morgan fingerprint density at radius 2 is 2.33 bits per heavy atom. The molecule has 0 aromatic heterocycles. The van der Waals surface area contributed by atoms with Gasteiger partial charge in [0, 0.05) is 11.5 Å². The number of rotatable bonds is 9. The van der Waals surface area contributed by atoms with Crippen LogP contribution in [0.5, 0.6) is 5.75 Å². The molecule has 1 aromatic rings. The molecule has 0 spiro atoms. The normalized spacial score (nSPS) is 11.3. The lowest BCUT2D eigenvalue weighted by atomic mass is 10.1. The number of carbonyl (C=O) groups excluding carboxylic acids is 1. The van der Waals surface area contributed by atoms with Crippen LogP contribution in [0.1, 0.15) is 24.9 Å². The highest BCUT2D eigenvalue weighted by atomic mass is 16.5. The first-order valence-electron chi connectivity index (χ1n) is 6.77. The van der Waals surface area contributed by atoms with Gasteiger partial charge in [0.2, 0.25) is 0 Å². The fourth-order valence-corrected chi connectivity index (χ4v) is 1.82. The average molecular weight is 292 g/mol. The van der Waals surface area contributed by atoms with Crippen LogP contribution in [0, 0.1) is 0 Å². The van der Waals surface area contributed by atoms with Gasteiger partial charge >= 0.3 is 5.97 Å². The molecule has 0 bridgehead atoms. The summed E-state index contributed by atoms with van der Waals surface area (Å²) in [5.74, 6) is 0.340. The van der Waals surface area contributed by atoms with Crippen LogP contribution in [-0.2, 0) is 9.53 Å². The Kier molecular flexibility index (Phi) is 7.71. The maximum atomic E-state index is 12.1. The number of nitrogens with zero attached hydrogens (tertiary/aromatic N) is 3. The first-order chi connectivity index (χ1) is 10.2. The Hall–Kier alpha value is -2.24. The van der Waals surface area contributed by atoms with E-state index in [1.165, 1.54) is 0 Å². The van der Waals surface area contributed by atoms with Crippen molar-refractivity contribution in [2.45, 2.75) is 19.4 Å². The van der Waals surface area contributed by atoms with Crippen molar-refractivity contribution in [2.75, 3.05) is 26.8 Å². The number of esters is 1. The molecule has 7 heteroatoms. The highest BCUT2D eigenvalue weighted by molar-refractivity contribution is 5.77. The van der Waals surface area contributed by atoms with Crippen molar-refractivity contribution in [3.63, 3.8) is 0 Å². The third-order valence-corrected chi connectivity index (χ3v) is 2.80. The maximum absolute atomic E-state index is 12.1. The first kappa shape index (κ1) is 16.8. The number of benzene rings is 1. The molecule has 1 unspecified atom stereocenters. The summed E-state index contributed by atoms with van der Waals surface area (Å²) in [5, 5.41) is 6.57. The molecule has 0 heterocycles. The largest absolute Gasteiger partial charge is 0.497 e. The molecule has 0 saturated heterocycles. The second kappa shape index (κ2) is 9.63. The summed E-state index contributed by atoms with van der Waals surface area (Å²) in [6.45, 7) is 3.01. The lowest BCUT2D eigenvalue weighted by Gasteiger charge is -2.18. The van der Waals surface area contributed by atoms with Crippen LogP contribution in [-0.4, -0.2) is 32.8 Å². The number of nitrogens with one attached hydrogen (secondary N) is 1. The molecule has 0 radical (unpaired) electrons. The Bertz CT molecular complexity index is 501. The summed E-state index contributed by atoms with van der Waals surface area (Å²) in [5.41, 5.74) is 8.99. The minimum absolute atomic E-state index is 0.319. The molecule has 7 nitrogen and oxygen atoms in total. The molecule has 0 aliphatic carbocycles. The SMILES string of the molecule is CCOC(=O)C(NCCCN=[N+]=[N-])c1cccc(OC)c1. The molecular formula is C14H20N4O3. The minimum Gasteiger partial charge on any atom is -0.497 e. The van der Waals surface area contributed by atoms with Crippen molar-refractivity contribution in [2.24, 2.45) is 5.11 Å². The number of ether oxygens (including phenoxy) is 2. The predicted molar refractivity (Wildman–Crippen MR) is 79.0 cm³/mol. The van der Waals surface area contributed by atoms with E-state index in [0.717, 1.165) is 5.56 Å². The molecule has 0 aliphatic heterocycles. The predicted octanol–water partition coefficient (Wildman–Crippen LogP) is 2.59. The van der Waals surface area contributed by atoms with Crippen LogP contribution in [0.2, 0.25) is 0 Å². The van der Waals surface area contributed by atoms with E-state index < -0.39 is 6.04 Å². The van der Waals surface area contributed by atoms with Crippen molar-refractivity contribution >= 4 is 5.97 Å². The lowest BCUT2D eigenvalue weighted by Crippen LogP contribution is -2.31.